The van der Waals surface area contributed by atoms with Gasteiger partial charge in [-0.15, -0.1) is 0 Å². The third kappa shape index (κ3) is 3.28. The molecule has 3 heterocycles. The van der Waals surface area contributed by atoms with Crippen LogP contribution in [-0.2, 0) is 11.2 Å². The summed E-state index contributed by atoms with van der Waals surface area (Å²) in [5.74, 6) is 2.28. The fourth-order valence-corrected chi connectivity index (χ4v) is 3.08. The van der Waals surface area contributed by atoms with E-state index in [0.717, 1.165) is 29.2 Å². The van der Waals surface area contributed by atoms with E-state index in [1.807, 2.05) is 42.6 Å². The monoisotopic (exact) mass is 349 g/mol. The number of ether oxygens (including phenoxy) is 1. The van der Waals surface area contributed by atoms with E-state index in [2.05, 4.69) is 15.4 Å². The summed E-state index contributed by atoms with van der Waals surface area (Å²) in [7, 11) is 1.63. The van der Waals surface area contributed by atoms with Crippen LogP contribution in [0.1, 0.15) is 36.1 Å². The molecule has 1 N–H and O–H groups in total. The Balaban J connectivity index is 1.71. The number of carbonyl (C=O) groups is 1. The lowest BCUT2D eigenvalue weighted by Crippen LogP contribution is -2.21. The van der Waals surface area contributed by atoms with E-state index in [4.69, 9.17) is 9.72 Å². The van der Waals surface area contributed by atoms with Crippen LogP contribution in [0.2, 0.25) is 0 Å². The molecule has 132 valence electrons. The third-order valence-corrected chi connectivity index (χ3v) is 4.39. The highest BCUT2D eigenvalue weighted by Crippen LogP contribution is 2.26. The second-order valence-corrected chi connectivity index (χ2v) is 6.19. The predicted octanol–water partition coefficient (Wildman–Crippen LogP) is 2.21. The molecule has 4 rings (SSSR count). The molecule has 7 nitrogen and oxygen atoms in total. The van der Waals surface area contributed by atoms with Crippen molar-refractivity contribution in [2.75, 3.05) is 7.11 Å². The maximum absolute atomic E-state index is 11.7. The molecule has 1 aromatic carbocycles. The Morgan fingerprint density at radius 3 is 2.77 bits per heavy atom. The Morgan fingerprint density at radius 2 is 2.12 bits per heavy atom. The minimum absolute atomic E-state index is 0.0492. The summed E-state index contributed by atoms with van der Waals surface area (Å²) in [6.07, 6.45) is 5.38. The zero-order valence-electron chi connectivity index (χ0n) is 14.4. The zero-order chi connectivity index (χ0) is 17.9. The van der Waals surface area contributed by atoms with Crippen molar-refractivity contribution >= 4 is 5.91 Å². The Labute approximate surface area is 151 Å². The van der Waals surface area contributed by atoms with E-state index in [9.17, 15) is 4.79 Å². The molecule has 1 unspecified atom stereocenters. The van der Waals surface area contributed by atoms with Gasteiger partial charge in [-0.25, -0.2) is 9.67 Å². The Bertz CT molecular complexity index is 905. The van der Waals surface area contributed by atoms with E-state index < -0.39 is 0 Å². The maximum Gasteiger partial charge on any atom is 0.220 e. The van der Waals surface area contributed by atoms with Crippen LogP contribution in [0.3, 0.4) is 0 Å². The zero-order valence-corrected chi connectivity index (χ0v) is 14.4. The highest BCUT2D eigenvalue weighted by molar-refractivity contribution is 5.78. The van der Waals surface area contributed by atoms with Crippen LogP contribution < -0.4 is 10.1 Å². The molecule has 2 aromatic heterocycles. The molecule has 1 atom stereocenters. The van der Waals surface area contributed by atoms with Crippen molar-refractivity contribution in [3.05, 3.63) is 66.0 Å². The first-order valence-corrected chi connectivity index (χ1v) is 8.51. The molecule has 0 aliphatic carbocycles. The highest BCUT2D eigenvalue weighted by Gasteiger charge is 2.28. The number of hydrogen-bond donors (Lipinski definition) is 1. The van der Waals surface area contributed by atoms with Crippen molar-refractivity contribution in [3.8, 4) is 11.4 Å². The summed E-state index contributed by atoms with van der Waals surface area (Å²) < 4.78 is 7.03. The number of nitrogens with zero attached hydrogens (tertiary/aromatic N) is 4. The van der Waals surface area contributed by atoms with E-state index in [0.29, 0.717) is 18.7 Å². The van der Waals surface area contributed by atoms with Crippen molar-refractivity contribution in [3.63, 3.8) is 0 Å². The van der Waals surface area contributed by atoms with Gasteiger partial charge < -0.3 is 10.1 Å². The van der Waals surface area contributed by atoms with Gasteiger partial charge in [0.15, 0.2) is 11.6 Å². The molecule has 0 spiro atoms. The molecule has 0 radical (unpaired) electrons. The molecule has 26 heavy (non-hydrogen) atoms. The lowest BCUT2D eigenvalue weighted by Gasteiger charge is -2.11. The molecule has 3 aromatic rings. The topological polar surface area (TPSA) is 81.9 Å². The van der Waals surface area contributed by atoms with Crippen molar-refractivity contribution < 1.29 is 9.53 Å². The Morgan fingerprint density at radius 1 is 1.27 bits per heavy atom. The van der Waals surface area contributed by atoms with Crippen molar-refractivity contribution in [1.29, 1.82) is 0 Å². The Hall–Kier alpha value is -3.22. The number of pyridine rings is 1. The van der Waals surface area contributed by atoms with Crippen molar-refractivity contribution in [2.45, 2.75) is 25.3 Å². The van der Waals surface area contributed by atoms with Crippen LogP contribution in [0.25, 0.3) is 5.69 Å². The average molecular weight is 349 g/mol. The van der Waals surface area contributed by atoms with Gasteiger partial charge in [-0.3, -0.25) is 9.78 Å². The second-order valence-electron chi connectivity index (χ2n) is 6.19. The first kappa shape index (κ1) is 16.3. The van der Waals surface area contributed by atoms with Gasteiger partial charge >= 0.3 is 0 Å². The minimum atomic E-state index is -0.125. The molecule has 1 amide bonds. The molecule has 1 aliphatic rings. The van der Waals surface area contributed by atoms with Crippen molar-refractivity contribution in [2.24, 2.45) is 0 Å². The number of hydrogen-bond acceptors (Lipinski definition) is 5. The van der Waals surface area contributed by atoms with Gasteiger partial charge in [-0.2, -0.15) is 5.10 Å². The SMILES string of the molecule is COc1ccc(-n2nc(Cc3cccnc3)nc2C2CCC(=O)N2)cc1. The number of methoxy groups -OCH3 is 1. The van der Waals surface area contributed by atoms with Gasteiger partial charge in [-0.05, 0) is 42.3 Å². The molecule has 1 saturated heterocycles. The average Bonchev–Trinajstić information content (AvgIpc) is 3.29. The van der Waals surface area contributed by atoms with Crippen LogP contribution >= 0.6 is 0 Å². The van der Waals surface area contributed by atoms with E-state index in [-0.39, 0.29) is 11.9 Å². The van der Waals surface area contributed by atoms with Gasteiger partial charge in [0.1, 0.15) is 5.75 Å². The summed E-state index contributed by atoms with van der Waals surface area (Å²) in [6, 6.07) is 11.4. The van der Waals surface area contributed by atoms with Crippen molar-refractivity contribution in [1.82, 2.24) is 25.1 Å². The van der Waals surface area contributed by atoms with Gasteiger partial charge in [0, 0.05) is 25.2 Å². The number of rotatable bonds is 5. The van der Waals surface area contributed by atoms with E-state index >= 15 is 0 Å². The quantitative estimate of drug-likeness (QED) is 0.764. The summed E-state index contributed by atoms with van der Waals surface area (Å²) in [6.45, 7) is 0. The van der Waals surface area contributed by atoms with E-state index in [1.165, 1.54) is 0 Å². The molecule has 1 fully saturated rings. The normalized spacial score (nSPS) is 16.5. The Kier molecular flexibility index (Phi) is 4.35. The standard InChI is InChI=1S/C19H19N5O2/c1-26-15-6-4-14(5-7-15)24-19(16-8-9-18(25)21-16)22-17(23-24)11-13-3-2-10-20-12-13/h2-7,10,12,16H,8-9,11H2,1H3,(H,21,25). The van der Waals surface area contributed by atoms with Gasteiger partial charge in [0.05, 0.1) is 18.8 Å². The van der Waals surface area contributed by atoms with Crippen LogP contribution in [0.5, 0.6) is 5.75 Å². The van der Waals surface area contributed by atoms with E-state index in [1.54, 1.807) is 18.0 Å². The summed E-state index contributed by atoms with van der Waals surface area (Å²) in [5.41, 5.74) is 1.92. The highest BCUT2D eigenvalue weighted by atomic mass is 16.5. The maximum atomic E-state index is 11.7. The fraction of sp³-hybridized carbons (Fsp3) is 0.263. The van der Waals surface area contributed by atoms with Gasteiger partial charge in [0.25, 0.3) is 0 Å². The summed E-state index contributed by atoms with van der Waals surface area (Å²) >= 11 is 0. The predicted molar refractivity (Wildman–Crippen MR) is 95.1 cm³/mol. The number of carbonyl (C=O) groups excluding carboxylic acids is 1. The number of aromatic nitrogens is 4. The van der Waals surface area contributed by atoms with Gasteiger partial charge in [-0.1, -0.05) is 6.07 Å². The number of amides is 1. The largest absolute Gasteiger partial charge is 0.497 e. The summed E-state index contributed by atoms with van der Waals surface area (Å²) in [4.78, 5) is 20.5. The molecule has 1 aliphatic heterocycles. The second kappa shape index (κ2) is 6.95. The molecular formula is C19H19N5O2. The lowest BCUT2D eigenvalue weighted by atomic mass is 10.2. The lowest BCUT2D eigenvalue weighted by molar-refractivity contribution is -0.119. The number of benzene rings is 1. The molecular weight excluding hydrogens is 330 g/mol. The molecule has 7 heteroatoms. The summed E-state index contributed by atoms with van der Waals surface area (Å²) in [5, 5.41) is 7.67. The molecule has 0 saturated carbocycles. The van der Waals surface area contributed by atoms with Crippen LogP contribution in [0.15, 0.2) is 48.8 Å². The fourth-order valence-electron chi connectivity index (χ4n) is 3.08. The van der Waals surface area contributed by atoms with Gasteiger partial charge in [0.2, 0.25) is 5.91 Å². The van der Waals surface area contributed by atoms with Crippen LogP contribution in [0, 0.1) is 0 Å². The molecule has 0 bridgehead atoms. The smallest absolute Gasteiger partial charge is 0.220 e. The third-order valence-electron chi connectivity index (χ3n) is 4.39. The minimum Gasteiger partial charge on any atom is -0.497 e. The van der Waals surface area contributed by atoms with Crippen LogP contribution in [0.4, 0.5) is 0 Å². The first-order chi connectivity index (χ1) is 12.7. The number of nitrogens with one attached hydrogen (secondary N) is 1. The van der Waals surface area contributed by atoms with Crippen LogP contribution in [-0.4, -0.2) is 32.8 Å². The first-order valence-electron chi connectivity index (χ1n) is 8.51.